The largest absolute Gasteiger partial charge is 0.378 e. The number of nitrogens with one attached hydrogen (secondary N) is 1. The Hall–Kier alpha value is -2.94. The van der Waals surface area contributed by atoms with Crippen molar-refractivity contribution in [2.45, 2.75) is 13.8 Å². The number of rotatable bonds is 3. The summed E-state index contributed by atoms with van der Waals surface area (Å²) in [7, 11) is 0. The Bertz CT molecular complexity index is 910. The van der Waals surface area contributed by atoms with Gasteiger partial charge in [-0.2, -0.15) is 0 Å². The van der Waals surface area contributed by atoms with Gasteiger partial charge < -0.3 is 24.8 Å². The van der Waals surface area contributed by atoms with Crippen molar-refractivity contribution < 1.29 is 13.9 Å². The van der Waals surface area contributed by atoms with Crippen LogP contribution >= 0.6 is 0 Å². The molecule has 1 aromatic heterocycles. The maximum Gasteiger partial charge on any atom is 0.321 e. The molecular formula is C21H27FN6O2. The Morgan fingerprint density at radius 1 is 1.00 bits per heavy atom. The van der Waals surface area contributed by atoms with Gasteiger partial charge in [0.1, 0.15) is 23.3 Å². The second-order valence-electron chi connectivity index (χ2n) is 7.55. The number of nitrogens with zero attached hydrogens (tertiary/aromatic N) is 5. The number of morpholine rings is 1. The van der Waals surface area contributed by atoms with Crippen LogP contribution in [0.2, 0.25) is 0 Å². The molecule has 1 aromatic carbocycles. The van der Waals surface area contributed by atoms with E-state index in [1.807, 2.05) is 13.0 Å². The Balaban J connectivity index is 1.39. The molecule has 2 amide bonds. The fourth-order valence-corrected chi connectivity index (χ4v) is 3.73. The number of benzene rings is 1. The number of urea groups is 1. The quantitative estimate of drug-likeness (QED) is 0.832. The number of carbonyl (C=O) groups is 1. The number of anilines is 3. The number of hydrogen-bond donors (Lipinski definition) is 1. The third-order valence-electron chi connectivity index (χ3n) is 5.55. The molecule has 3 heterocycles. The van der Waals surface area contributed by atoms with E-state index in [1.165, 1.54) is 6.07 Å². The van der Waals surface area contributed by atoms with Crippen LogP contribution in [0.25, 0.3) is 0 Å². The summed E-state index contributed by atoms with van der Waals surface area (Å²) in [5, 5.41) is 2.82. The molecule has 0 aliphatic carbocycles. The Labute approximate surface area is 175 Å². The molecule has 9 heteroatoms. The number of hydrogen-bond acceptors (Lipinski definition) is 6. The minimum atomic E-state index is -0.326. The van der Waals surface area contributed by atoms with E-state index in [9.17, 15) is 9.18 Å². The predicted octanol–water partition coefficient (Wildman–Crippen LogP) is 2.42. The third kappa shape index (κ3) is 4.46. The predicted molar refractivity (Wildman–Crippen MR) is 114 cm³/mol. The van der Waals surface area contributed by atoms with Crippen molar-refractivity contribution in [3.05, 3.63) is 41.5 Å². The Morgan fingerprint density at radius 3 is 2.30 bits per heavy atom. The number of carbonyl (C=O) groups excluding carboxylic acids is 1. The van der Waals surface area contributed by atoms with Gasteiger partial charge in [0, 0.05) is 56.6 Å². The standard InChI is InChI=1S/C21H27FN6O2/c1-15-17(22)4-3-5-18(15)25-21(29)28-8-6-26(7-9-28)19-14-20(24-16(2)23-19)27-10-12-30-13-11-27/h3-5,14H,6-13H2,1-2H3,(H,25,29). The van der Waals surface area contributed by atoms with Crippen LogP contribution in [0.3, 0.4) is 0 Å². The first-order chi connectivity index (χ1) is 14.5. The van der Waals surface area contributed by atoms with Crippen LogP contribution in [0, 0.1) is 19.7 Å². The van der Waals surface area contributed by atoms with E-state index in [1.54, 1.807) is 24.0 Å². The molecular weight excluding hydrogens is 387 g/mol. The zero-order valence-electron chi connectivity index (χ0n) is 17.4. The molecule has 0 saturated carbocycles. The van der Waals surface area contributed by atoms with E-state index in [4.69, 9.17) is 4.74 Å². The van der Waals surface area contributed by atoms with Crippen LogP contribution in [0.4, 0.5) is 26.5 Å². The number of piperazine rings is 1. The molecule has 0 spiro atoms. The second kappa shape index (κ2) is 8.83. The molecule has 0 radical (unpaired) electrons. The van der Waals surface area contributed by atoms with E-state index in [0.717, 1.165) is 30.5 Å². The van der Waals surface area contributed by atoms with Gasteiger partial charge in [0.25, 0.3) is 0 Å². The van der Waals surface area contributed by atoms with E-state index in [2.05, 4.69) is 25.1 Å². The van der Waals surface area contributed by atoms with Gasteiger partial charge in [0.05, 0.1) is 13.2 Å². The number of halogens is 1. The van der Waals surface area contributed by atoms with Gasteiger partial charge in [-0.1, -0.05) is 6.07 Å². The lowest BCUT2D eigenvalue weighted by atomic mass is 10.2. The van der Waals surface area contributed by atoms with E-state index < -0.39 is 0 Å². The van der Waals surface area contributed by atoms with Gasteiger partial charge in [0.15, 0.2) is 0 Å². The topological polar surface area (TPSA) is 73.8 Å². The van der Waals surface area contributed by atoms with E-state index >= 15 is 0 Å². The van der Waals surface area contributed by atoms with Gasteiger partial charge >= 0.3 is 6.03 Å². The maximum absolute atomic E-state index is 13.7. The van der Waals surface area contributed by atoms with Crippen molar-refractivity contribution in [1.82, 2.24) is 14.9 Å². The van der Waals surface area contributed by atoms with Crippen molar-refractivity contribution in [1.29, 1.82) is 0 Å². The first-order valence-corrected chi connectivity index (χ1v) is 10.3. The third-order valence-corrected chi connectivity index (χ3v) is 5.55. The van der Waals surface area contributed by atoms with Crippen molar-refractivity contribution in [2.75, 3.05) is 67.6 Å². The highest BCUT2D eigenvalue weighted by atomic mass is 19.1. The summed E-state index contributed by atoms with van der Waals surface area (Å²) in [5.74, 6) is 2.20. The Morgan fingerprint density at radius 2 is 1.63 bits per heavy atom. The zero-order chi connectivity index (χ0) is 21.1. The molecule has 30 heavy (non-hydrogen) atoms. The van der Waals surface area contributed by atoms with Crippen molar-refractivity contribution >= 4 is 23.4 Å². The molecule has 2 saturated heterocycles. The van der Waals surface area contributed by atoms with Crippen LogP contribution in [-0.2, 0) is 4.74 Å². The molecule has 2 fully saturated rings. The summed E-state index contributed by atoms with van der Waals surface area (Å²) < 4.78 is 19.1. The van der Waals surface area contributed by atoms with Gasteiger partial charge in [-0.05, 0) is 26.0 Å². The average molecular weight is 414 g/mol. The fourth-order valence-electron chi connectivity index (χ4n) is 3.73. The molecule has 2 aromatic rings. The first-order valence-electron chi connectivity index (χ1n) is 10.3. The second-order valence-corrected chi connectivity index (χ2v) is 7.55. The zero-order valence-corrected chi connectivity index (χ0v) is 17.4. The smallest absolute Gasteiger partial charge is 0.321 e. The summed E-state index contributed by atoms with van der Waals surface area (Å²) >= 11 is 0. The van der Waals surface area contributed by atoms with Crippen LogP contribution in [0.5, 0.6) is 0 Å². The normalized spacial score (nSPS) is 17.2. The molecule has 4 rings (SSSR count). The highest BCUT2D eigenvalue weighted by Crippen LogP contribution is 2.22. The number of amides is 2. The molecule has 2 aliphatic rings. The molecule has 0 unspecified atom stereocenters. The summed E-state index contributed by atoms with van der Waals surface area (Å²) in [5.41, 5.74) is 0.945. The van der Waals surface area contributed by atoms with Crippen LogP contribution in [0.1, 0.15) is 11.4 Å². The lowest BCUT2D eigenvalue weighted by Gasteiger charge is -2.36. The fraction of sp³-hybridized carbons (Fsp3) is 0.476. The molecule has 0 bridgehead atoms. The highest BCUT2D eigenvalue weighted by Gasteiger charge is 2.24. The van der Waals surface area contributed by atoms with Crippen LogP contribution in [0.15, 0.2) is 24.3 Å². The molecule has 2 aliphatic heterocycles. The lowest BCUT2D eigenvalue weighted by molar-refractivity contribution is 0.122. The average Bonchev–Trinajstić information content (AvgIpc) is 2.77. The molecule has 8 nitrogen and oxygen atoms in total. The van der Waals surface area contributed by atoms with Gasteiger partial charge in [-0.3, -0.25) is 0 Å². The Kier molecular flexibility index (Phi) is 5.98. The lowest BCUT2D eigenvalue weighted by Crippen LogP contribution is -2.50. The van der Waals surface area contributed by atoms with Crippen molar-refractivity contribution in [3.8, 4) is 0 Å². The monoisotopic (exact) mass is 414 g/mol. The van der Waals surface area contributed by atoms with E-state index in [-0.39, 0.29) is 11.8 Å². The van der Waals surface area contributed by atoms with Gasteiger partial charge in [0.2, 0.25) is 0 Å². The molecule has 1 N–H and O–H groups in total. The highest BCUT2D eigenvalue weighted by molar-refractivity contribution is 5.90. The molecule has 160 valence electrons. The minimum Gasteiger partial charge on any atom is -0.378 e. The number of aromatic nitrogens is 2. The van der Waals surface area contributed by atoms with E-state index in [0.29, 0.717) is 50.6 Å². The summed E-state index contributed by atoms with van der Waals surface area (Å²) in [6, 6.07) is 6.50. The maximum atomic E-state index is 13.7. The van der Waals surface area contributed by atoms with Crippen molar-refractivity contribution in [3.63, 3.8) is 0 Å². The summed E-state index contributed by atoms with van der Waals surface area (Å²) in [6.07, 6.45) is 0. The minimum absolute atomic E-state index is 0.212. The molecule has 0 atom stereocenters. The van der Waals surface area contributed by atoms with Crippen molar-refractivity contribution in [2.24, 2.45) is 0 Å². The number of ether oxygens (including phenoxy) is 1. The summed E-state index contributed by atoms with van der Waals surface area (Å²) in [4.78, 5) is 28.0. The summed E-state index contributed by atoms with van der Waals surface area (Å²) in [6.45, 7) is 9.10. The number of aryl methyl sites for hydroxylation is 1. The van der Waals surface area contributed by atoms with Crippen LogP contribution < -0.4 is 15.1 Å². The first kappa shape index (κ1) is 20.3. The van der Waals surface area contributed by atoms with Gasteiger partial charge in [-0.15, -0.1) is 0 Å². The SMILES string of the molecule is Cc1nc(N2CCOCC2)cc(N2CCN(C(=O)Nc3cccc(F)c3C)CC2)n1. The van der Waals surface area contributed by atoms with Crippen LogP contribution in [-0.4, -0.2) is 73.4 Å². The van der Waals surface area contributed by atoms with Gasteiger partial charge in [-0.25, -0.2) is 19.2 Å².